The molecule has 0 aliphatic carbocycles. The van der Waals surface area contributed by atoms with E-state index in [9.17, 15) is 13.2 Å². The number of thioether (sulfide) groups is 1. The molecule has 1 unspecified atom stereocenters. The standard InChI is InChI=1S/C17H15F3N4OS/c1-10(11-2-6-13(18)7-3-11)26-17-23-22-15(24(17)21)12-4-8-14(9-5-12)25-16(19)20/h2-10,16H,21H2,1H3. The molecule has 0 bridgehead atoms. The van der Waals surface area contributed by atoms with Crippen LogP contribution in [0.25, 0.3) is 11.4 Å². The van der Waals surface area contributed by atoms with Crippen LogP contribution in [0.1, 0.15) is 17.7 Å². The maximum atomic E-state index is 13.0. The fourth-order valence-electron chi connectivity index (χ4n) is 2.30. The van der Waals surface area contributed by atoms with Gasteiger partial charge in [-0.1, -0.05) is 23.9 Å². The number of rotatable bonds is 6. The third kappa shape index (κ3) is 4.10. The van der Waals surface area contributed by atoms with Crippen molar-refractivity contribution in [1.82, 2.24) is 14.9 Å². The number of hydrogen-bond acceptors (Lipinski definition) is 5. The van der Waals surface area contributed by atoms with Crippen molar-refractivity contribution >= 4 is 11.8 Å². The maximum Gasteiger partial charge on any atom is 0.387 e. The van der Waals surface area contributed by atoms with Gasteiger partial charge in [0.1, 0.15) is 11.6 Å². The molecule has 0 saturated carbocycles. The third-order valence-corrected chi connectivity index (χ3v) is 4.74. The first-order valence-corrected chi connectivity index (χ1v) is 8.50. The number of ether oxygens (including phenoxy) is 1. The summed E-state index contributed by atoms with van der Waals surface area (Å²) in [4.78, 5) is 0. The zero-order valence-electron chi connectivity index (χ0n) is 13.6. The normalized spacial score (nSPS) is 12.3. The molecule has 9 heteroatoms. The molecule has 1 atom stereocenters. The Labute approximate surface area is 152 Å². The molecule has 2 N–H and O–H groups in total. The minimum Gasteiger partial charge on any atom is -0.435 e. The van der Waals surface area contributed by atoms with Crippen LogP contribution >= 0.6 is 11.8 Å². The lowest BCUT2D eigenvalue weighted by atomic mass is 10.2. The molecular weight excluding hydrogens is 365 g/mol. The van der Waals surface area contributed by atoms with E-state index in [1.807, 2.05) is 6.92 Å². The van der Waals surface area contributed by atoms with Crippen LogP contribution in [0.2, 0.25) is 0 Å². The number of hydrogen-bond donors (Lipinski definition) is 1. The Morgan fingerprint density at radius 1 is 1.04 bits per heavy atom. The lowest BCUT2D eigenvalue weighted by Crippen LogP contribution is -2.12. The average molecular weight is 380 g/mol. The van der Waals surface area contributed by atoms with Gasteiger partial charge in [0.2, 0.25) is 5.16 Å². The summed E-state index contributed by atoms with van der Waals surface area (Å²) in [5.74, 6) is 6.21. The number of alkyl halides is 2. The van der Waals surface area contributed by atoms with Crippen LogP contribution in [0.3, 0.4) is 0 Å². The third-order valence-electron chi connectivity index (χ3n) is 3.62. The molecule has 1 aromatic heterocycles. The van der Waals surface area contributed by atoms with E-state index in [2.05, 4.69) is 14.9 Å². The molecule has 5 nitrogen and oxygen atoms in total. The maximum absolute atomic E-state index is 13.0. The molecule has 3 rings (SSSR count). The van der Waals surface area contributed by atoms with E-state index in [-0.39, 0.29) is 16.8 Å². The average Bonchev–Trinajstić information content (AvgIpc) is 2.96. The van der Waals surface area contributed by atoms with E-state index >= 15 is 0 Å². The Morgan fingerprint density at radius 2 is 1.69 bits per heavy atom. The molecule has 0 fully saturated rings. The summed E-state index contributed by atoms with van der Waals surface area (Å²) in [6.45, 7) is -0.933. The molecule has 136 valence electrons. The fourth-order valence-corrected chi connectivity index (χ4v) is 3.20. The Morgan fingerprint density at radius 3 is 2.31 bits per heavy atom. The van der Waals surface area contributed by atoms with Crippen LogP contribution in [-0.2, 0) is 0 Å². The SMILES string of the molecule is CC(Sc1nnc(-c2ccc(OC(F)F)cc2)n1N)c1ccc(F)cc1. The van der Waals surface area contributed by atoms with Crippen molar-refractivity contribution in [3.05, 3.63) is 59.9 Å². The van der Waals surface area contributed by atoms with E-state index in [4.69, 9.17) is 5.84 Å². The summed E-state index contributed by atoms with van der Waals surface area (Å²) >= 11 is 1.37. The Hall–Kier alpha value is -2.68. The van der Waals surface area contributed by atoms with Crippen molar-refractivity contribution in [2.24, 2.45) is 0 Å². The minimum atomic E-state index is -2.88. The van der Waals surface area contributed by atoms with Gasteiger partial charge in [-0.05, 0) is 48.9 Å². The first-order valence-electron chi connectivity index (χ1n) is 7.62. The number of nitrogens with zero attached hydrogens (tertiary/aromatic N) is 3. The topological polar surface area (TPSA) is 66.0 Å². The van der Waals surface area contributed by atoms with Crippen molar-refractivity contribution < 1.29 is 17.9 Å². The molecule has 0 spiro atoms. The predicted molar refractivity (Wildman–Crippen MR) is 92.9 cm³/mol. The van der Waals surface area contributed by atoms with Gasteiger partial charge in [0.05, 0.1) is 0 Å². The van der Waals surface area contributed by atoms with E-state index < -0.39 is 6.61 Å². The fraction of sp³-hybridized carbons (Fsp3) is 0.176. The Balaban J connectivity index is 1.76. The summed E-state index contributed by atoms with van der Waals surface area (Å²) in [6.07, 6.45) is 0. The van der Waals surface area contributed by atoms with E-state index in [1.54, 1.807) is 24.3 Å². The van der Waals surface area contributed by atoms with E-state index in [0.29, 0.717) is 16.5 Å². The zero-order chi connectivity index (χ0) is 18.7. The van der Waals surface area contributed by atoms with Gasteiger partial charge < -0.3 is 10.6 Å². The summed E-state index contributed by atoms with van der Waals surface area (Å²) in [5.41, 5.74) is 1.54. The van der Waals surface area contributed by atoms with Gasteiger partial charge in [0, 0.05) is 10.8 Å². The van der Waals surface area contributed by atoms with Crippen molar-refractivity contribution in [3.8, 4) is 17.1 Å². The van der Waals surface area contributed by atoms with E-state index in [0.717, 1.165) is 5.56 Å². The second-order valence-electron chi connectivity index (χ2n) is 5.39. The van der Waals surface area contributed by atoms with Crippen LogP contribution in [-0.4, -0.2) is 21.5 Å². The predicted octanol–water partition coefficient (Wildman–Crippen LogP) is 4.25. The molecule has 0 amide bonds. The van der Waals surface area contributed by atoms with E-state index in [1.165, 1.54) is 40.7 Å². The van der Waals surface area contributed by atoms with Crippen LogP contribution in [0, 0.1) is 5.82 Å². The van der Waals surface area contributed by atoms with Crippen LogP contribution in [0.4, 0.5) is 13.2 Å². The first kappa shape index (κ1) is 18.1. The number of halogens is 3. The van der Waals surface area contributed by atoms with Crippen molar-refractivity contribution in [2.45, 2.75) is 23.9 Å². The second kappa shape index (κ2) is 7.69. The highest BCUT2D eigenvalue weighted by Crippen LogP contribution is 2.34. The molecule has 2 aromatic carbocycles. The van der Waals surface area contributed by atoms with Gasteiger partial charge in [-0.3, -0.25) is 0 Å². The number of benzene rings is 2. The van der Waals surface area contributed by atoms with Gasteiger partial charge in [0.15, 0.2) is 5.82 Å². The minimum absolute atomic E-state index is 0.0169. The summed E-state index contributed by atoms with van der Waals surface area (Å²) in [6, 6.07) is 12.2. The molecule has 0 aliphatic rings. The second-order valence-corrected chi connectivity index (χ2v) is 6.70. The van der Waals surface area contributed by atoms with Crippen molar-refractivity contribution in [2.75, 3.05) is 5.84 Å². The zero-order valence-corrected chi connectivity index (χ0v) is 14.5. The largest absolute Gasteiger partial charge is 0.435 e. The van der Waals surface area contributed by atoms with Crippen LogP contribution in [0.5, 0.6) is 5.75 Å². The van der Waals surface area contributed by atoms with Gasteiger partial charge in [-0.25, -0.2) is 9.07 Å². The van der Waals surface area contributed by atoms with Crippen molar-refractivity contribution in [3.63, 3.8) is 0 Å². The summed E-state index contributed by atoms with van der Waals surface area (Å²) < 4.78 is 43.1. The van der Waals surface area contributed by atoms with Gasteiger partial charge in [-0.15, -0.1) is 10.2 Å². The molecular formula is C17H15F3N4OS. The lowest BCUT2D eigenvalue weighted by molar-refractivity contribution is -0.0498. The molecule has 0 aliphatic heterocycles. The monoisotopic (exact) mass is 380 g/mol. The molecule has 0 saturated heterocycles. The Bertz CT molecular complexity index is 869. The molecule has 26 heavy (non-hydrogen) atoms. The van der Waals surface area contributed by atoms with Crippen molar-refractivity contribution in [1.29, 1.82) is 0 Å². The smallest absolute Gasteiger partial charge is 0.387 e. The molecule has 0 radical (unpaired) electrons. The highest BCUT2D eigenvalue weighted by molar-refractivity contribution is 7.99. The number of nitrogens with two attached hydrogens (primary N) is 1. The molecule has 1 heterocycles. The summed E-state index contributed by atoms with van der Waals surface area (Å²) in [5, 5.41) is 8.59. The Kier molecular flexibility index (Phi) is 5.36. The highest BCUT2D eigenvalue weighted by atomic mass is 32.2. The van der Waals surface area contributed by atoms with Gasteiger partial charge in [0.25, 0.3) is 0 Å². The van der Waals surface area contributed by atoms with Crippen LogP contribution < -0.4 is 10.6 Å². The summed E-state index contributed by atoms with van der Waals surface area (Å²) in [7, 11) is 0. The van der Waals surface area contributed by atoms with Crippen LogP contribution in [0.15, 0.2) is 53.7 Å². The number of nitrogen functional groups attached to an aromatic ring is 1. The highest BCUT2D eigenvalue weighted by Gasteiger charge is 2.16. The molecule has 3 aromatic rings. The number of aromatic nitrogens is 3. The van der Waals surface area contributed by atoms with Gasteiger partial charge in [-0.2, -0.15) is 8.78 Å². The lowest BCUT2D eigenvalue weighted by Gasteiger charge is -2.11. The van der Waals surface area contributed by atoms with Gasteiger partial charge >= 0.3 is 6.61 Å². The quantitative estimate of drug-likeness (QED) is 0.511. The first-order chi connectivity index (χ1) is 12.4.